The van der Waals surface area contributed by atoms with Crippen molar-refractivity contribution in [3.8, 4) is 50.7 Å². The zero-order chi connectivity index (χ0) is 61.1. The summed E-state index contributed by atoms with van der Waals surface area (Å²) in [4.78, 5) is 10.3. The number of aromatic nitrogens is 2. The van der Waals surface area contributed by atoms with Crippen LogP contribution >= 0.6 is 0 Å². The predicted octanol–water partition coefficient (Wildman–Crippen LogP) is 19.1. The van der Waals surface area contributed by atoms with Crippen LogP contribution in [0.25, 0.3) is 61.0 Å². The van der Waals surface area contributed by atoms with Crippen LogP contribution in [0, 0.1) is 0 Å². The van der Waals surface area contributed by atoms with Crippen molar-refractivity contribution in [2.24, 2.45) is 0 Å². The second kappa shape index (κ2) is 21.0. The highest BCUT2D eigenvalue weighted by Gasteiger charge is 2.50. The summed E-state index contributed by atoms with van der Waals surface area (Å²) >= 11 is 0. The van der Waals surface area contributed by atoms with Crippen molar-refractivity contribution in [2.45, 2.75) is 105 Å². The molecule has 0 fully saturated rings. The monoisotopic (exact) mass is 1160 g/mol. The Morgan fingerprint density at radius 3 is 1.64 bits per heavy atom. The smallest absolute Gasteiger partial charge is 0.181 e. The molecule has 0 unspecified atom stereocenters. The van der Waals surface area contributed by atoms with E-state index in [0.717, 1.165) is 45.4 Å². The SMILES string of the molecule is CC(C)(C)c1cc(-c2cccc(-c3ccccc3)c2N2CN(c3cccc(Oc4ccc5c6c7c(ccc6n(-c6cc(C(C)(C)C)ccn6)c5c4)-c4ccccc4[Si]7(c4ccccc4)c4ccccc4)c3)c3cc(C(C)(C)C)ccc32)cc(C(C)(C)C)c1. The van der Waals surface area contributed by atoms with Crippen LogP contribution < -0.4 is 35.3 Å². The number of benzene rings is 10. The molecular formula is C82H78N4OSi. The fourth-order valence-corrected chi connectivity index (χ4v) is 19.3. The van der Waals surface area contributed by atoms with Gasteiger partial charge in [-0.2, -0.15) is 0 Å². The molecular weight excluding hydrogens is 1090 g/mol. The molecule has 14 rings (SSSR count). The second-order valence-corrected chi connectivity index (χ2v) is 32.2. The summed E-state index contributed by atoms with van der Waals surface area (Å²) in [5, 5.41) is 8.01. The summed E-state index contributed by atoms with van der Waals surface area (Å²) in [6, 6.07) is 88.7. The molecule has 2 aromatic heterocycles. The first-order valence-corrected chi connectivity index (χ1v) is 33.3. The van der Waals surface area contributed by atoms with Crippen molar-refractivity contribution >= 4 is 73.4 Å². The van der Waals surface area contributed by atoms with Gasteiger partial charge in [0, 0.05) is 45.9 Å². The van der Waals surface area contributed by atoms with Crippen LogP contribution in [0.4, 0.5) is 22.7 Å². The van der Waals surface area contributed by atoms with Gasteiger partial charge in [0.05, 0.1) is 28.1 Å². The van der Waals surface area contributed by atoms with Crippen molar-refractivity contribution in [1.82, 2.24) is 9.55 Å². The van der Waals surface area contributed by atoms with Gasteiger partial charge < -0.3 is 14.5 Å². The maximum absolute atomic E-state index is 7.22. The van der Waals surface area contributed by atoms with E-state index in [1.165, 1.54) is 92.8 Å². The maximum Gasteiger partial charge on any atom is 0.181 e. The van der Waals surface area contributed by atoms with E-state index < -0.39 is 8.07 Å². The predicted molar refractivity (Wildman–Crippen MR) is 375 cm³/mol. The van der Waals surface area contributed by atoms with Crippen molar-refractivity contribution in [3.63, 3.8) is 0 Å². The largest absolute Gasteiger partial charge is 0.457 e. The topological polar surface area (TPSA) is 33.5 Å². The summed E-state index contributed by atoms with van der Waals surface area (Å²) in [6.07, 6.45) is 1.98. The standard InChI is InChI=1S/C82H78N4OSi/c1-79(2,3)56-38-42-70-73(49-56)84(53-85(70)77-65(54-26-16-13-17-27-54)35-25-36-66(77)55-46-58(81(7,8)9)48-59(47-55)82(10,11)12)60-28-24-29-61(51-60)87-62-39-40-69-72(52-62)86(75-50-57(44-45-83-75)80(4,5)6)71-43-41-68-67-34-22-23-37-74(67)88(78(68)76(69)71,63-30-18-14-19-31-63)64-32-20-15-21-33-64/h13-52H,53H2,1-12H3. The van der Waals surface area contributed by atoms with Crippen molar-refractivity contribution in [1.29, 1.82) is 0 Å². The average molecular weight is 1160 g/mol. The number of rotatable bonds is 9. The van der Waals surface area contributed by atoms with E-state index in [0.29, 0.717) is 6.67 Å². The van der Waals surface area contributed by atoms with Gasteiger partial charge >= 0.3 is 0 Å². The van der Waals surface area contributed by atoms with E-state index in [2.05, 4.69) is 334 Å². The number of ether oxygens (including phenoxy) is 1. The van der Waals surface area contributed by atoms with Gasteiger partial charge in [0.2, 0.25) is 0 Å². The molecule has 10 aromatic carbocycles. The average Bonchev–Trinajstić information content (AvgIpc) is 1.51. The molecule has 4 heterocycles. The van der Waals surface area contributed by atoms with Gasteiger partial charge in [-0.3, -0.25) is 4.57 Å². The molecule has 0 aliphatic carbocycles. The molecule has 88 heavy (non-hydrogen) atoms. The minimum atomic E-state index is -2.93. The molecule has 0 N–H and O–H groups in total. The number of hydrogen-bond donors (Lipinski definition) is 0. The minimum absolute atomic E-state index is 0.0487. The van der Waals surface area contributed by atoms with Gasteiger partial charge in [-0.25, -0.2) is 4.98 Å². The van der Waals surface area contributed by atoms with Gasteiger partial charge in [-0.05, 0) is 142 Å². The van der Waals surface area contributed by atoms with E-state index in [1.54, 1.807) is 0 Å². The molecule has 5 nitrogen and oxygen atoms in total. The van der Waals surface area contributed by atoms with Gasteiger partial charge in [0.15, 0.2) is 8.07 Å². The number of fused-ring (bicyclic) bond motifs is 8. The van der Waals surface area contributed by atoms with Crippen molar-refractivity contribution in [3.05, 3.63) is 265 Å². The Balaban J connectivity index is 0.931. The van der Waals surface area contributed by atoms with Crippen molar-refractivity contribution < 1.29 is 4.74 Å². The lowest BCUT2D eigenvalue weighted by atomic mass is 9.78. The molecule has 2 aliphatic rings. The molecule has 0 spiro atoms. The van der Waals surface area contributed by atoms with Crippen LogP contribution in [0.5, 0.6) is 11.5 Å². The highest BCUT2D eigenvalue weighted by molar-refractivity contribution is 7.23. The Morgan fingerprint density at radius 2 is 0.977 bits per heavy atom. The Labute approximate surface area is 521 Å². The number of hydrogen-bond acceptors (Lipinski definition) is 4. The van der Waals surface area contributed by atoms with Crippen LogP contribution in [0.3, 0.4) is 0 Å². The van der Waals surface area contributed by atoms with E-state index in [-0.39, 0.29) is 21.7 Å². The van der Waals surface area contributed by atoms with E-state index in [4.69, 9.17) is 9.72 Å². The third kappa shape index (κ3) is 9.55. The normalized spacial score (nSPS) is 13.9. The van der Waals surface area contributed by atoms with E-state index >= 15 is 0 Å². The lowest BCUT2D eigenvalue weighted by Crippen LogP contribution is -2.72. The van der Waals surface area contributed by atoms with Gasteiger partial charge in [0.1, 0.15) is 24.0 Å². The molecule has 0 saturated carbocycles. The number of para-hydroxylation sites is 1. The van der Waals surface area contributed by atoms with Gasteiger partial charge in [-0.15, -0.1) is 0 Å². The Morgan fingerprint density at radius 1 is 0.398 bits per heavy atom. The quantitative estimate of drug-likeness (QED) is 0.135. The minimum Gasteiger partial charge on any atom is -0.457 e. The molecule has 12 aromatic rings. The first-order chi connectivity index (χ1) is 42.2. The van der Waals surface area contributed by atoms with Gasteiger partial charge in [0.25, 0.3) is 0 Å². The Hall–Kier alpha value is -9.23. The molecule has 0 amide bonds. The third-order valence-electron chi connectivity index (χ3n) is 18.6. The van der Waals surface area contributed by atoms with Crippen molar-refractivity contribution in [2.75, 3.05) is 16.5 Å². The van der Waals surface area contributed by atoms with Crippen LogP contribution in [0.1, 0.15) is 105 Å². The maximum atomic E-state index is 7.22. The molecule has 0 radical (unpaired) electrons. The first-order valence-electron chi connectivity index (χ1n) is 31.3. The molecule has 2 aliphatic heterocycles. The highest BCUT2D eigenvalue weighted by Crippen LogP contribution is 2.52. The number of nitrogens with zero attached hydrogens (tertiary/aromatic N) is 4. The summed E-state index contributed by atoms with van der Waals surface area (Å²) < 4.78 is 9.62. The van der Waals surface area contributed by atoms with Crippen LogP contribution in [0.2, 0.25) is 0 Å². The van der Waals surface area contributed by atoms with E-state index in [1.807, 2.05) is 6.20 Å². The summed E-state index contributed by atoms with van der Waals surface area (Å²) in [7, 11) is -2.93. The third-order valence-corrected chi connectivity index (χ3v) is 23.5. The number of anilines is 4. The molecule has 436 valence electrons. The van der Waals surface area contributed by atoms with Crippen LogP contribution in [0.15, 0.2) is 243 Å². The van der Waals surface area contributed by atoms with Crippen LogP contribution in [-0.2, 0) is 21.7 Å². The molecule has 6 heteroatoms. The number of pyridine rings is 1. The van der Waals surface area contributed by atoms with E-state index in [9.17, 15) is 0 Å². The lowest BCUT2D eigenvalue weighted by Gasteiger charge is -2.32. The zero-order valence-corrected chi connectivity index (χ0v) is 54.0. The highest BCUT2D eigenvalue weighted by atomic mass is 28.3. The van der Waals surface area contributed by atoms with Gasteiger partial charge in [-0.1, -0.05) is 253 Å². The summed E-state index contributed by atoms with van der Waals surface area (Å²) in [6.45, 7) is 28.3. The lowest BCUT2D eigenvalue weighted by molar-refractivity contribution is 0.483. The zero-order valence-electron chi connectivity index (χ0n) is 53.0. The summed E-state index contributed by atoms with van der Waals surface area (Å²) in [5.41, 5.74) is 19.1. The first kappa shape index (κ1) is 56.6. The fourth-order valence-electron chi connectivity index (χ4n) is 13.9. The second-order valence-electron chi connectivity index (χ2n) is 28.5. The summed E-state index contributed by atoms with van der Waals surface area (Å²) in [5.74, 6) is 2.39. The fraction of sp³-hybridized carbons (Fsp3) is 0.207. The molecule has 0 bridgehead atoms. The van der Waals surface area contributed by atoms with Crippen LogP contribution in [-0.4, -0.2) is 24.3 Å². The Kier molecular flexibility index (Phi) is 13.5. The molecule has 0 atom stereocenters. The Bertz CT molecular complexity index is 4600. The molecule has 0 saturated heterocycles.